The second-order valence-electron chi connectivity index (χ2n) is 24.7. The Balaban J connectivity index is 0.000000239. The molecule has 0 spiro atoms. The van der Waals surface area contributed by atoms with E-state index in [0.29, 0.717) is 34.1 Å². The molecular formula is C61H77N9O5Si. The summed E-state index contributed by atoms with van der Waals surface area (Å²) in [6, 6.07) is 36.1. The average Bonchev–Trinajstić information content (AvgIpc) is 4.09. The van der Waals surface area contributed by atoms with Gasteiger partial charge in [0.25, 0.3) is 0 Å². The van der Waals surface area contributed by atoms with Crippen LogP contribution in [0.5, 0.6) is 17.2 Å². The fourth-order valence-electron chi connectivity index (χ4n) is 11.1. The summed E-state index contributed by atoms with van der Waals surface area (Å²) in [6.45, 7) is 28.7. The van der Waals surface area contributed by atoms with Crippen molar-refractivity contribution in [2.75, 3.05) is 14.2 Å². The van der Waals surface area contributed by atoms with Crippen LogP contribution in [0.3, 0.4) is 0 Å². The van der Waals surface area contributed by atoms with Crippen LogP contribution in [0.1, 0.15) is 122 Å². The predicted octanol–water partition coefficient (Wildman–Crippen LogP) is 13.6. The SMILES string of the molecule is CC(C)(C)CC(C)(C)c1cc(Cc2cc(C(C)(C)CC(C)(C)C)cc(-n3nc4ccccc4n3)c2O)c(O)c(-n2nc3ccccc3n2)c1.CO[Si](C)(CC(C)Cc1cc(C)cc(-n2nc3ccccc3n2)c1O)OC. The number of phenolic OH excluding ortho intramolecular Hbond substituents is 3. The zero-order chi connectivity index (χ0) is 55.1. The van der Waals surface area contributed by atoms with Crippen molar-refractivity contribution >= 4 is 41.7 Å². The fourth-order valence-corrected chi connectivity index (χ4v) is 13.1. The maximum Gasteiger partial charge on any atom is 0.334 e. The molecule has 0 saturated carbocycles. The summed E-state index contributed by atoms with van der Waals surface area (Å²) in [5, 5.41) is 62.8. The minimum absolute atomic E-state index is 0.0702. The Hall–Kier alpha value is -6.94. The topological polar surface area (TPSA) is 171 Å². The van der Waals surface area contributed by atoms with E-state index in [1.807, 2.05) is 104 Å². The third-order valence-electron chi connectivity index (χ3n) is 14.2. The maximum atomic E-state index is 12.0. The van der Waals surface area contributed by atoms with Gasteiger partial charge in [-0.1, -0.05) is 131 Å². The highest BCUT2D eigenvalue weighted by atomic mass is 28.4. The third-order valence-corrected chi connectivity index (χ3v) is 17.4. The van der Waals surface area contributed by atoms with E-state index < -0.39 is 8.56 Å². The van der Waals surface area contributed by atoms with Gasteiger partial charge in [0, 0.05) is 31.8 Å². The molecule has 6 aromatic carbocycles. The molecule has 3 N–H and O–H groups in total. The largest absolute Gasteiger partial charge is 0.505 e. The lowest BCUT2D eigenvalue weighted by Gasteiger charge is -2.34. The number of fused-ring (bicyclic) bond motifs is 3. The van der Waals surface area contributed by atoms with Gasteiger partial charge in [0.2, 0.25) is 0 Å². The minimum Gasteiger partial charge on any atom is -0.505 e. The lowest BCUT2D eigenvalue weighted by Crippen LogP contribution is -2.38. The van der Waals surface area contributed by atoms with E-state index in [0.717, 1.165) is 80.7 Å². The van der Waals surface area contributed by atoms with Gasteiger partial charge >= 0.3 is 8.56 Å². The number of hydrogen-bond acceptors (Lipinski definition) is 11. The highest BCUT2D eigenvalue weighted by Crippen LogP contribution is 2.44. The van der Waals surface area contributed by atoms with Gasteiger partial charge in [-0.05, 0) is 143 Å². The highest BCUT2D eigenvalue weighted by molar-refractivity contribution is 6.66. The minimum atomic E-state index is -2.16. The van der Waals surface area contributed by atoms with E-state index in [2.05, 4.69) is 105 Å². The molecule has 3 heterocycles. The van der Waals surface area contributed by atoms with Gasteiger partial charge < -0.3 is 24.2 Å². The first kappa shape index (κ1) is 55.3. The monoisotopic (exact) mass is 1040 g/mol. The molecule has 9 aromatic rings. The molecule has 3 aromatic heterocycles. The molecule has 0 saturated heterocycles. The van der Waals surface area contributed by atoms with E-state index in [4.69, 9.17) is 29.2 Å². The zero-order valence-electron chi connectivity index (χ0n) is 47.2. The molecule has 0 aliphatic rings. The maximum absolute atomic E-state index is 12.0. The molecule has 0 amide bonds. The number of aromatic nitrogens is 9. The number of nitrogens with zero attached hydrogens (tertiary/aromatic N) is 9. The van der Waals surface area contributed by atoms with E-state index in [1.165, 1.54) is 14.4 Å². The van der Waals surface area contributed by atoms with Crippen molar-refractivity contribution in [3.8, 4) is 34.3 Å². The molecule has 0 aliphatic carbocycles. The van der Waals surface area contributed by atoms with E-state index in [-0.39, 0.29) is 45.3 Å². The number of aryl methyl sites for hydroxylation is 1. The van der Waals surface area contributed by atoms with Gasteiger partial charge in [-0.2, -0.15) is 0 Å². The van der Waals surface area contributed by atoms with Crippen LogP contribution in [0.2, 0.25) is 12.6 Å². The first-order valence-corrected chi connectivity index (χ1v) is 28.8. The third kappa shape index (κ3) is 12.5. The Bertz CT molecular complexity index is 3270. The Morgan fingerprint density at radius 3 is 1.12 bits per heavy atom. The van der Waals surface area contributed by atoms with Crippen LogP contribution in [-0.2, 0) is 32.5 Å². The number of phenols is 3. The second-order valence-corrected chi connectivity index (χ2v) is 28.2. The summed E-state index contributed by atoms with van der Waals surface area (Å²) in [4.78, 5) is 4.59. The van der Waals surface area contributed by atoms with Crippen molar-refractivity contribution in [3.63, 3.8) is 0 Å². The summed E-state index contributed by atoms with van der Waals surface area (Å²) >= 11 is 0. The van der Waals surface area contributed by atoms with Gasteiger partial charge in [-0.15, -0.1) is 45.0 Å². The summed E-state index contributed by atoms with van der Waals surface area (Å²) in [6.07, 6.45) is 2.85. The van der Waals surface area contributed by atoms with E-state index in [9.17, 15) is 15.3 Å². The summed E-state index contributed by atoms with van der Waals surface area (Å²) in [5.41, 5.74) is 11.3. The lowest BCUT2D eigenvalue weighted by molar-refractivity contribution is 0.242. The first-order valence-electron chi connectivity index (χ1n) is 26.3. The molecule has 15 heteroatoms. The van der Waals surface area contributed by atoms with Crippen molar-refractivity contribution in [3.05, 3.63) is 143 Å². The highest BCUT2D eigenvalue weighted by Gasteiger charge is 2.34. The molecule has 0 aliphatic heterocycles. The van der Waals surface area contributed by atoms with Crippen LogP contribution in [-0.4, -0.2) is 83.1 Å². The lowest BCUT2D eigenvalue weighted by atomic mass is 9.71. The second kappa shape index (κ2) is 21.2. The van der Waals surface area contributed by atoms with Gasteiger partial charge in [0.1, 0.15) is 67.4 Å². The van der Waals surface area contributed by atoms with Gasteiger partial charge in [-0.3, -0.25) is 0 Å². The zero-order valence-corrected chi connectivity index (χ0v) is 48.2. The fraction of sp³-hybridized carbons (Fsp3) is 0.410. The van der Waals surface area contributed by atoms with Crippen LogP contribution in [0.25, 0.3) is 50.2 Å². The number of benzene rings is 6. The van der Waals surface area contributed by atoms with Crippen molar-refractivity contribution in [1.82, 2.24) is 45.0 Å². The predicted molar refractivity (Wildman–Crippen MR) is 307 cm³/mol. The van der Waals surface area contributed by atoms with Crippen molar-refractivity contribution in [2.24, 2.45) is 16.7 Å². The standard InChI is InChI=1S/C41H50N6O2.C20H27N3O3Si/c1-38(2,3)24-40(7,8)28-20-26(36(48)34(22-28)46-42-30-15-11-12-16-31(30)43-46)19-27-21-29(41(9,10)25-39(4,5)6)23-35(37(27)49)47-44-32-17-13-14-18-33(32)45-47;1-14-10-16(11-15(2)13-27(5,25-3)26-4)20(24)19(12-14)23-21-17-8-6-7-9-18(17)22-23/h11-18,20-23,48-49H,19,24-25H2,1-10H3;6-10,12,15,24H,11,13H2,1-5H3. The van der Waals surface area contributed by atoms with Crippen LogP contribution in [0.4, 0.5) is 0 Å². The summed E-state index contributed by atoms with van der Waals surface area (Å²) in [5.74, 6) is 0.704. The summed E-state index contributed by atoms with van der Waals surface area (Å²) < 4.78 is 11.2. The van der Waals surface area contributed by atoms with Gasteiger partial charge in [-0.25, -0.2) is 0 Å². The molecule has 76 heavy (non-hydrogen) atoms. The van der Waals surface area contributed by atoms with E-state index >= 15 is 0 Å². The average molecular weight is 1040 g/mol. The van der Waals surface area contributed by atoms with Gasteiger partial charge in [0.15, 0.2) is 0 Å². The molecule has 14 nitrogen and oxygen atoms in total. The molecule has 0 fully saturated rings. The molecule has 1 unspecified atom stereocenters. The van der Waals surface area contributed by atoms with Gasteiger partial charge in [0.05, 0.1) is 0 Å². The Morgan fingerprint density at radius 1 is 0.487 bits per heavy atom. The molecule has 0 bridgehead atoms. The summed E-state index contributed by atoms with van der Waals surface area (Å²) in [7, 11) is 1.26. The number of aromatic hydroxyl groups is 3. The Kier molecular flexibility index (Phi) is 15.4. The Labute approximate surface area is 449 Å². The van der Waals surface area contributed by atoms with Crippen LogP contribution < -0.4 is 0 Å². The Morgan fingerprint density at radius 2 is 0.803 bits per heavy atom. The van der Waals surface area contributed by atoms with Crippen molar-refractivity contribution < 1.29 is 24.2 Å². The van der Waals surface area contributed by atoms with Crippen molar-refractivity contribution in [1.29, 1.82) is 0 Å². The quantitative estimate of drug-likeness (QED) is 0.0835. The normalized spacial score (nSPS) is 13.1. The molecule has 400 valence electrons. The molecular weight excluding hydrogens is 967 g/mol. The number of rotatable bonds is 15. The first-order chi connectivity index (χ1) is 35.6. The number of hydrogen-bond donors (Lipinski definition) is 3. The molecule has 1 atom stereocenters. The van der Waals surface area contributed by atoms with Crippen molar-refractivity contribution in [2.45, 2.75) is 132 Å². The molecule has 9 rings (SSSR count). The van der Waals surface area contributed by atoms with Crippen LogP contribution in [0.15, 0.2) is 109 Å². The van der Waals surface area contributed by atoms with E-state index in [1.54, 1.807) is 14.2 Å². The van der Waals surface area contributed by atoms with Crippen LogP contribution in [0, 0.1) is 23.7 Å². The van der Waals surface area contributed by atoms with Crippen LogP contribution >= 0.6 is 0 Å². The molecule has 0 radical (unpaired) electrons. The smallest absolute Gasteiger partial charge is 0.334 e.